The van der Waals surface area contributed by atoms with E-state index in [1.165, 1.54) is 0 Å². The standard InChI is InChI=1S/C12H13F4N3/c1-2-19-10(6-18-11(19)17)7-3-8(12(14,15)16)5-9(13)4-7/h3-5,10H,2,6H2,1H3,(H2,17,18). The molecule has 0 spiro atoms. The van der Waals surface area contributed by atoms with Crippen molar-refractivity contribution in [1.29, 1.82) is 0 Å². The summed E-state index contributed by atoms with van der Waals surface area (Å²) in [5.74, 6) is -0.642. The highest BCUT2D eigenvalue weighted by Gasteiger charge is 2.33. The van der Waals surface area contributed by atoms with Crippen LogP contribution in [0.25, 0.3) is 0 Å². The number of hydrogen-bond donors (Lipinski definition) is 1. The van der Waals surface area contributed by atoms with Crippen LogP contribution < -0.4 is 5.73 Å². The van der Waals surface area contributed by atoms with Crippen molar-refractivity contribution in [2.24, 2.45) is 10.7 Å². The Bertz CT molecular complexity index is 510. The maximum absolute atomic E-state index is 13.4. The third kappa shape index (κ3) is 2.64. The molecule has 0 saturated carbocycles. The van der Waals surface area contributed by atoms with Gasteiger partial charge in [-0.2, -0.15) is 13.2 Å². The molecule has 1 aliphatic rings. The summed E-state index contributed by atoms with van der Waals surface area (Å²) in [7, 11) is 0. The molecule has 0 saturated heterocycles. The van der Waals surface area contributed by atoms with Crippen LogP contribution in [-0.4, -0.2) is 23.9 Å². The summed E-state index contributed by atoms with van der Waals surface area (Å²) >= 11 is 0. The van der Waals surface area contributed by atoms with Crippen LogP contribution in [0.3, 0.4) is 0 Å². The van der Waals surface area contributed by atoms with Gasteiger partial charge < -0.3 is 10.6 Å². The molecule has 0 aliphatic carbocycles. The van der Waals surface area contributed by atoms with E-state index < -0.39 is 23.6 Å². The number of nitrogens with zero attached hydrogens (tertiary/aromatic N) is 2. The third-order valence-corrected chi connectivity index (χ3v) is 3.07. The molecule has 3 nitrogen and oxygen atoms in total. The van der Waals surface area contributed by atoms with Gasteiger partial charge in [0.25, 0.3) is 0 Å². The first kappa shape index (κ1) is 13.6. The van der Waals surface area contributed by atoms with Crippen molar-refractivity contribution in [3.8, 4) is 0 Å². The third-order valence-electron chi connectivity index (χ3n) is 3.07. The van der Waals surface area contributed by atoms with E-state index in [4.69, 9.17) is 5.73 Å². The number of halogens is 4. The number of hydrogen-bond acceptors (Lipinski definition) is 3. The molecule has 2 N–H and O–H groups in total. The monoisotopic (exact) mass is 275 g/mol. The van der Waals surface area contributed by atoms with Crippen molar-refractivity contribution in [1.82, 2.24) is 4.90 Å². The highest BCUT2D eigenvalue weighted by Crippen LogP contribution is 2.33. The zero-order valence-electron chi connectivity index (χ0n) is 10.2. The molecule has 0 bridgehead atoms. The van der Waals surface area contributed by atoms with E-state index in [1.54, 1.807) is 4.90 Å². The van der Waals surface area contributed by atoms with Gasteiger partial charge in [-0.1, -0.05) is 0 Å². The van der Waals surface area contributed by atoms with Crippen molar-refractivity contribution in [3.63, 3.8) is 0 Å². The Morgan fingerprint density at radius 3 is 2.63 bits per heavy atom. The van der Waals surface area contributed by atoms with Gasteiger partial charge in [-0.05, 0) is 30.7 Å². The second kappa shape index (κ2) is 4.71. The van der Waals surface area contributed by atoms with Crippen LogP contribution in [0.2, 0.25) is 0 Å². The number of benzene rings is 1. The van der Waals surface area contributed by atoms with Crippen LogP contribution in [0.4, 0.5) is 17.6 Å². The van der Waals surface area contributed by atoms with Crippen LogP contribution in [-0.2, 0) is 6.18 Å². The van der Waals surface area contributed by atoms with Crippen molar-refractivity contribution in [2.45, 2.75) is 19.1 Å². The lowest BCUT2D eigenvalue weighted by molar-refractivity contribution is -0.137. The smallest absolute Gasteiger partial charge is 0.370 e. The molecule has 7 heteroatoms. The van der Waals surface area contributed by atoms with Crippen molar-refractivity contribution < 1.29 is 17.6 Å². The van der Waals surface area contributed by atoms with Crippen LogP contribution in [0.1, 0.15) is 24.1 Å². The first-order valence-corrected chi connectivity index (χ1v) is 5.77. The SMILES string of the molecule is CCN1C(N)=NCC1c1cc(F)cc(C(F)(F)F)c1. The normalized spacial score (nSPS) is 19.7. The summed E-state index contributed by atoms with van der Waals surface area (Å²) in [6.45, 7) is 2.54. The lowest BCUT2D eigenvalue weighted by Crippen LogP contribution is -2.35. The van der Waals surface area contributed by atoms with E-state index in [2.05, 4.69) is 4.99 Å². The average Bonchev–Trinajstić information content (AvgIpc) is 2.68. The van der Waals surface area contributed by atoms with E-state index >= 15 is 0 Å². The number of likely N-dealkylation sites (N-methyl/N-ethyl adjacent to an activating group) is 1. The largest absolute Gasteiger partial charge is 0.416 e. The molecule has 104 valence electrons. The van der Waals surface area contributed by atoms with E-state index in [0.717, 1.165) is 12.1 Å². The quantitative estimate of drug-likeness (QED) is 0.843. The highest BCUT2D eigenvalue weighted by molar-refractivity contribution is 5.80. The van der Waals surface area contributed by atoms with Crippen LogP contribution in [0.5, 0.6) is 0 Å². The molecule has 0 fully saturated rings. The fourth-order valence-electron chi connectivity index (χ4n) is 2.17. The zero-order valence-corrected chi connectivity index (χ0v) is 10.2. The zero-order chi connectivity index (χ0) is 14.2. The van der Waals surface area contributed by atoms with Gasteiger partial charge in [-0.3, -0.25) is 4.99 Å². The summed E-state index contributed by atoms with van der Waals surface area (Å²) in [6.07, 6.45) is -4.57. The molecule has 0 aromatic heterocycles. The van der Waals surface area contributed by atoms with Crippen LogP contribution >= 0.6 is 0 Å². The minimum Gasteiger partial charge on any atom is -0.370 e. The molecule has 19 heavy (non-hydrogen) atoms. The lowest BCUT2D eigenvalue weighted by atomic mass is 10.0. The predicted molar refractivity (Wildman–Crippen MR) is 63.0 cm³/mol. The lowest BCUT2D eigenvalue weighted by Gasteiger charge is -2.25. The first-order chi connectivity index (χ1) is 8.82. The van der Waals surface area contributed by atoms with Gasteiger partial charge >= 0.3 is 6.18 Å². The number of alkyl halides is 3. The minimum absolute atomic E-state index is 0.235. The average molecular weight is 275 g/mol. The van der Waals surface area contributed by atoms with Gasteiger partial charge in [0.05, 0.1) is 18.2 Å². The molecular formula is C12H13F4N3. The van der Waals surface area contributed by atoms with Gasteiger partial charge in [0.15, 0.2) is 5.96 Å². The first-order valence-electron chi connectivity index (χ1n) is 5.77. The summed E-state index contributed by atoms with van der Waals surface area (Å²) in [5.41, 5.74) is 4.88. The molecule has 2 rings (SSSR count). The van der Waals surface area contributed by atoms with Gasteiger partial charge in [-0.25, -0.2) is 4.39 Å². The highest BCUT2D eigenvalue weighted by atomic mass is 19.4. The molecule has 1 aliphatic heterocycles. The Kier molecular flexibility index (Phi) is 3.38. The van der Waals surface area contributed by atoms with Gasteiger partial charge in [0.2, 0.25) is 0 Å². The van der Waals surface area contributed by atoms with Crippen molar-refractivity contribution in [3.05, 3.63) is 35.1 Å². The number of rotatable bonds is 2. The number of aliphatic imine (C=N–C) groups is 1. The molecule has 0 radical (unpaired) electrons. The van der Waals surface area contributed by atoms with E-state index in [9.17, 15) is 17.6 Å². The minimum atomic E-state index is -4.57. The second-order valence-electron chi connectivity index (χ2n) is 4.27. The molecule has 1 atom stereocenters. The molecule has 1 aromatic rings. The number of guanidine groups is 1. The fourth-order valence-corrected chi connectivity index (χ4v) is 2.17. The Hall–Kier alpha value is -1.79. The van der Waals surface area contributed by atoms with Crippen LogP contribution in [0, 0.1) is 5.82 Å². The Labute approximate surface area is 107 Å². The van der Waals surface area contributed by atoms with Gasteiger partial charge in [-0.15, -0.1) is 0 Å². The van der Waals surface area contributed by atoms with E-state index in [0.29, 0.717) is 12.6 Å². The van der Waals surface area contributed by atoms with E-state index in [1.807, 2.05) is 6.92 Å². The second-order valence-corrected chi connectivity index (χ2v) is 4.27. The predicted octanol–water partition coefficient (Wildman–Crippen LogP) is 2.54. The molecule has 0 amide bonds. The maximum atomic E-state index is 13.4. The molecule has 1 heterocycles. The Morgan fingerprint density at radius 2 is 2.05 bits per heavy atom. The van der Waals surface area contributed by atoms with Gasteiger partial charge in [0, 0.05) is 6.54 Å². The topological polar surface area (TPSA) is 41.6 Å². The van der Waals surface area contributed by atoms with E-state index in [-0.39, 0.29) is 18.1 Å². The maximum Gasteiger partial charge on any atom is 0.416 e. The summed E-state index contributed by atoms with van der Waals surface area (Å²) in [4.78, 5) is 5.63. The van der Waals surface area contributed by atoms with Gasteiger partial charge in [0.1, 0.15) is 5.82 Å². The molecular weight excluding hydrogens is 262 g/mol. The van der Waals surface area contributed by atoms with Crippen LogP contribution in [0.15, 0.2) is 23.2 Å². The Morgan fingerprint density at radius 1 is 1.37 bits per heavy atom. The molecule has 1 unspecified atom stereocenters. The van der Waals surface area contributed by atoms with Crippen molar-refractivity contribution >= 4 is 5.96 Å². The molecule has 1 aromatic carbocycles. The number of nitrogens with two attached hydrogens (primary N) is 1. The Balaban J connectivity index is 2.39. The summed E-state index contributed by atoms with van der Waals surface area (Å²) in [6, 6.07) is 2.09. The summed E-state index contributed by atoms with van der Waals surface area (Å²) in [5, 5.41) is 0. The fraction of sp³-hybridized carbons (Fsp3) is 0.417. The van der Waals surface area contributed by atoms with Crippen molar-refractivity contribution in [2.75, 3.05) is 13.1 Å². The summed E-state index contributed by atoms with van der Waals surface area (Å²) < 4.78 is 51.3.